The van der Waals surface area contributed by atoms with E-state index in [2.05, 4.69) is 64.5 Å². The summed E-state index contributed by atoms with van der Waals surface area (Å²) in [5, 5.41) is 6.42. The second-order valence-corrected chi connectivity index (χ2v) is 25.7. The van der Waals surface area contributed by atoms with E-state index in [1.165, 1.54) is 11.1 Å². The van der Waals surface area contributed by atoms with Crippen LogP contribution in [0.3, 0.4) is 0 Å². The van der Waals surface area contributed by atoms with Crippen LogP contribution in [0.25, 0.3) is 0 Å². The predicted octanol–water partition coefficient (Wildman–Crippen LogP) is 2.08. The average Bonchev–Trinajstić information content (AvgIpc) is 3.10. The minimum atomic E-state index is -1.92. The summed E-state index contributed by atoms with van der Waals surface area (Å²) in [6, 6.07) is 0. The van der Waals surface area contributed by atoms with E-state index in [1.54, 1.807) is 20.7 Å². The highest BCUT2D eigenvalue weighted by atomic mass is 28.4. The molecule has 0 saturated heterocycles. The Labute approximate surface area is 154 Å². The van der Waals surface area contributed by atoms with E-state index in [0.29, 0.717) is 0 Å². The van der Waals surface area contributed by atoms with E-state index < -0.39 is 33.3 Å². The maximum atomic E-state index is 6.91. The third kappa shape index (κ3) is 1.90. The standard InChI is InChI=1S/C18H28O3Si4/c1-22(2)15-13-11-9-10-12(19-11)14(13)16-18(17(15)24(5,6)20-22)25(7,8)21-23(16,3)4/h9-12H,1-8H3. The zero-order valence-corrected chi connectivity index (χ0v) is 20.5. The van der Waals surface area contributed by atoms with Crippen LogP contribution in [0.1, 0.15) is 23.3 Å². The number of benzene rings is 1. The van der Waals surface area contributed by atoms with Gasteiger partial charge in [0.2, 0.25) is 33.3 Å². The van der Waals surface area contributed by atoms with Gasteiger partial charge in [0.25, 0.3) is 0 Å². The molecule has 0 spiro atoms. The second kappa shape index (κ2) is 4.40. The van der Waals surface area contributed by atoms with Crippen LogP contribution in [0.2, 0.25) is 52.4 Å². The molecule has 0 radical (unpaired) electrons. The number of fused-ring (bicyclic) bond motifs is 10. The van der Waals surface area contributed by atoms with Gasteiger partial charge in [0.15, 0.2) is 0 Å². The van der Waals surface area contributed by atoms with Crippen molar-refractivity contribution in [3.05, 3.63) is 23.3 Å². The van der Waals surface area contributed by atoms with Gasteiger partial charge in [-0.25, -0.2) is 0 Å². The Morgan fingerprint density at radius 3 is 1.24 bits per heavy atom. The molecule has 2 bridgehead atoms. The summed E-state index contributed by atoms with van der Waals surface area (Å²) in [5.74, 6) is 0. The Bertz CT molecular complexity index is 801. The van der Waals surface area contributed by atoms with Gasteiger partial charge in [0.1, 0.15) is 12.2 Å². The van der Waals surface area contributed by atoms with E-state index in [-0.39, 0.29) is 12.2 Å². The van der Waals surface area contributed by atoms with E-state index in [4.69, 9.17) is 13.0 Å². The van der Waals surface area contributed by atoms with E-state index in [9.17, 15) is 0 Å². The Kier molecular flexibility index (Phi) is 2.97. The third-order valence-corrected chi connectivity index (χ3v) is 22.1. The summed E-state index contributed by atoms with van der Waals surface area (Å²) < 4.78 is 20.2. The van der Waals surface area contributed by atoms with Crippen molar-refractivity contribution in [2.24, 2.45) is 0 Å². The molecular formula is C18H28O3Si4. The summed E-state index contributed by atoms with van der Waals surface area (Å²) in [7, 11) is -7.66. The number of ether oxygens (including phenoxy) is 1. The normalized spacial score (nSPS) is 33.4. The zero-order chi connectivity index (χ0) is 18.2. The summed E-state index contributed by atoms with van der Waals surface area (Å²) in [5.41, 5.74) is 2.98. The maximum Gasteiger partial charge on any atom is 0.206 e. The van der Waals surface area contributed by atoms with Crippen LogP contribution >= 0.6 is 0 Å². The van der Waals surface area contributed by atoms with Gasteiger partial charge in [-0.15, -0.1) is 0 Å². The van der Waals surface area contributed by atoms with Gasteiger partial charge in [0, 0.05) is 0 Å². The van der Waals surface area contributed by atoms with Crippen molar-refractivity contribution in [1.82, 2.24) is 0 Å². The molecule has 4 aliphatic rings. The number of rotatable bonds is 0. The quantitative estimate of drug-likeness (QED) is 0.489. The molecule has 2 unspecified atom stereocenters. The molecule has 1 aromatic rings. The summed E-state index contributed by atoms with van der Waals surface area (Å²) >= 11 is 0. The molecule has 4 heterocycles. The smallest absolute Gasteiger partial charge is 0.206 e. The molecular weight excluding hydrogens is 377 g/mol. The molecule has 0 saturated carbocycles. The Morgan fingerprint density at radius 2 is 0.880 bits per heavy atom. The topological polar surface area (TPSA) is 27.7 Å². The van der Waals surface area contributed by atoms with Crippen LogP contribution in [0.5, 0.6) is 0 Å². The third-order valence-electron chi connectivity index (χ3n) is 6.33. The second-order valence-electron chi connectivity index (χ2n) is 9.93. The number of hydrogen-bond donors (Lipinski definition) is 0. The molecule has 0 aliphatic carbocycles. The highest BCUT2D eigenvalue weighted by molar-refractivity contribution is 7.14. The minimum Gasteiger partial charge on any atom is -0.449 e. The Morgan fingerprint density at radius 1 is 0.560 bits per heavy atom. The molecule has 4 aliphatic heterocycles. The van der Waals surface area contributed by atoms with Gasteiger partial charge in [-0.3, -0.25) is 0 Å². The van der Waals surface area contributed by atoms with E-state index >= 15 is 0 Å². The fraction of sp³-hybridized carbons (Fsp3) is 0.556. The van der Waals surface area contributed by atoms with Gasteiger partial charge in [-0.1, -0.05) is 12.2 Å². The van der Waals surface area contributed by atoms with E-state index in [1.807, 2.05) is 0 Å². The van der Waals surface area contributed by atoms with Crippen molar-refractivity contribution in [3.8, 4) is 0 Å². The lowest BCUT2D eigenvalue weighted by atomic mass is 9.96. The molecule has 2 atom stereocenters. The van der Waals surface area contributed by atoms with Crippen LogP contribution in [-0.4, -0.2) is 33.3 Å². The van der Waals surface area contributed by atoms with Crippen LogP contribution in [0.15, 0.2) is 12.2 Å². The minimum absolute atomic E-state index is 0.146. The molecule has 0 fully saturated rings. The molecule has 5 rings (SSSR count). The van der Waals surface area contributed by atoms with Gasteiger partial charge in [-0.2, -0.15) is 0 Å². The highest BCUT2D eigenvalue weighted by Crippen LogP contribution is 2.47. The molecule has 1 aromatic carbocycles. The summed E-state index contributed by atoms with van der Waals surface area (Å²) in [6.45, 7) is 19.2. The lowest BCUT2D eigenvalue weighted by molar-refractivity contribution is 0.0884. The predicted molar refractivity (Wildman–Crippen MR) is 113 cm³/mol. The van der Waals surface area contributed by atoms with Gasteiger partial charge < -0.3 is 13.0 Å². The van der Waals surface area contributed by atoms with Gasteiger partial charge in [-0.05, 0) is 84.2 Å². The van der Waals surface area contributed by atoms with Gasteiger partial charge in [0.05, 0.1) is 0 Å². The molecule has 134 valence electrons. The average molecular weight is 405 g/mol. The highest BCUT2D eigenvalue weighted by Gasteiger charge is 2.60. The fourth-order valence-electron chi connectivity index (χ4n) is 6.09. The molecule has 7 heteroatoms. The van der Waals surface area contributed by atoms with Crippen LogP contribution in [0.4, 0.5) is 0 Å². The van der Waals surface area contributed by atoms with Crippen molar-refractivity contribution >= 4 is 54.0 Å². The Hall–Kier alpha value is -0.292. The first-order chi connectivity index (χ1) is 11.4. The van der Waals surface area contributed by atoms with Crippen LogP contribution < -0.4 is 20.7 Å². The fourth-order valence-corrected chi connectivity index (χ4v) is 29.8. The molecule has 3 nitrogen and oxygen atoms in total. The van der Waals surface area contributed by atoms with E-state index in [0.717, 1.165) is 0 Å². The largest absolute Gasteiger partial charge is 0.449 e. The zero-order valence-electron chi connectivity index (χ0n) is 16.5. The first-order valence-electron chi connectivity index (χ1n) is 9.37. The monoisotopic (exact) mass is 404 g/mol. The van der Waals surface area contributed by atoms with Gasteiger partial charge >= 0.3 is 0 Å². The molecule has 0 N–H and O–H groups in total. The summed E-state index contributed by atoms with van der Waals surface area (Å²) in [6.07, 6.45) is 4.83. The van der Waals surface area contributed by atoms with Crippen LogP contribution in [-0.2, 0) is 13.0 Å². The van der Waals surface area contributed by atoms with Crippen molar-refractivity contribution in [2.75, 3.05) is 0 Å². The first-order valence-corrected chi connectivity index (χ1v) is 21.0. The molecule has 0 amide bonds. The van der Waals surface area contributed by atoms with Crippen LogP contribution in [0, 0.1) is 0 Å². The molecule has 25 heavy (non-hydrogen) atoms. The first kappa shape index (κ1) is 16.9. The lowest BCUT2D eigenvalue weighted by Crippen LogP contribution is -2.65. The van der Waals surface area contributed by atoms with Crippen molar-refractivity contribution in [3.63, 3.8) is 0 Å². The lowest BCUT2D eigenvalue weighted by Gasteiger charge is -2.27. The van der Waals surface area contributed by atoms with Crippen molar-refractivity contribution in [2.45, 2.75) is 64.6 Å². The SMILES string of the molecule is C[Si]1(C)O[Si](C)(C)c2c1c1c(c3c2[Si](C)(C)O[Si]3(C)C)C2C=CC1O2. The van der Waals surface area contributed by atoms with Crippen molar-refractivity contribution in [1.29, 1.82) is 0 Å². The maximum absolute atomic E-state index is 6.91. The number of hydrogen-bond acceptors (Lipinski definition) is 3. The summed E-state index contributed by atoms with van der Waals surface area (Å²) in [4.78, 5) is 0. The molecule has 0 aromatic heterocycles. The van der Waals surface area contributed by atoms with Crippen molar-refractivity contribution < 1.29 is 13.0 Å². The Balaban J connectivity index is 2.01.